The highest BCUT2D eigenvalue weighted by atomic mass is 35.5. The number of hydrogen-bond donors (Lipinski definition) is 1. The van der Waals surface area contributed by atoms with Crippen molar-refractivity contribution in [1.29, 1.82) is 0 Å². The lowest BCUT2D eigenvalue weighted by molar-refractivity contribution is 0.346. The van der Waals surface area contributed by atoms with E-state index < -0.39 is 28.7 Å². The van der Waals surface area contributed by atoms with E-state index in [0.717, 1.165) is 0 Å². The lowest BCUT2D eigenvalue weighted by atomic mass is 10.4. The second-order valence-corrected chi connectivity index (χ2v) is 8.36. The Bertz CT molecular complexity index is 566. The van der Waals surface area contributed by atoms with Gasteiger partial charge >= 0.3 is 0 Å². The summed E-state index contributed by atoms with van der Waals surface area (Å²) in [4.78, 5) is 8.87. The largest absolute Gasteiger partial charge is 0.343 e. The van der Waals surface area contributed by atoms with Crippen molar-refractivity contribution in [3.05, 3.63) is 28.2 Å². The van der Waals surface area contributed by atoms with Crippen molar-refractivity contribution < 1.29 is 22.1 Å². The number of hydrogen-bond acceptors (Lipinski definition) is 4. The van der Waals surface area contributed by atoms with Gasteiger partial charge in [-0.05, 0) is 12.1 Å². The van der Waals surface area contributed by atoms with E-state index in [1.807, 2.05) is 0 Å². The van der Waals surface area contributed by atoms with E-state index in [9.17, 15) is 17.9 Å². The van der Waals surface area contributed by atoms with Crippen molar-refractivity contribution in [2.24, 2.45) is 0 Å². The molecule has 0 fully saturated rings. The van der Waals surface area contributed by atoms with E-state index in [0.29, 0.717) is 0 Å². The molecule has 1 atom stereocenters. The fraction of sp³-hybridized carbons (Fsp3) is 0.333. The van der Waals surface area contributed by atoms with Gasteiger partial charge in [0.2, 0.25) is 7.37 Å². The van der Waals surface area contributed by atoms with E-state index in [1.165, 1.54) is 25.1 Å². The molecule has 1 rings (SSSR count). The fourth-order valence-corrected chi connectivity index (χ4v) is 4.12. The van der Waals surface area contributed by atoms with Crippen LogP contribution in [-0.4, -0.2) is 25.8 Å². The second kappa shape index (κ2) is 5.90. The van der Waals surface area contributed by atoms with Crippen LogP contribution in [0.3, 0.4) is 0 Å². The van der Waals surface area contributed by atoms with Crippen molar-refractivity contribution in [3.8, 4) is 0 Å². The third-order valence-electron chi connectivity index (χ3n) is 2.07. The summed E-state index contributed by atoms with van der Waals surface area (Å²) in [6, 6.07) is 4.15. The quantitative estimate of drug-likeness (QED) is 0.662. The Balaban J connectivity index is 3.05. The van der Waals surface area contributed by atoms with Crippen molar-refractivity contribution in [3.63, 3.8) is 0 Å². The highest BCUT2D eigenvalue weighted by Gasteiger charge is 2.26. The van der Waals surface area contributed by atoms with Gasteiger partial charge in [0.25, 0.3) is 10.1 Å². The monoisotopic (exact) mass is 332 g/mol. The third kappa shape index (κ3) is 3.95. The molecule has 0 aliphatic carbocycles. The van der Waals surface area contributed by atoms with Crippen LogP contribution in [0.2, 0.25) is 10.0 Å². The van der Waals surface area contributed by atoms with Crippen LogP contribution in [-0.2, 0) is 18.9 Å². The second-order valence-electron chi connectivity index (χ2n) is 3.41. The van der Waals surface area contributed by atoms with E-state index >= 15 is 0 Å². The van der Waals surface area contributed by atoms with Gasteiger partial charge in [-0.2, -0.15) is 8.42 Å². The van der Waals surface area contributed by atoms with Crippen LogP contribution in [0.15, 0.2) is 23.1 Å². The van der Waals surface area contributed by atoms with Crippen molar-refractivity contribution in [2.45, 2.75) is 11.8 Å². The maximum atomic E-state index is 11.8. The lowest BCUT2D eigenvalue weighted by Gasteiger charge is -2.11. The molecule has 0 saturated carbocycles. The van der Waals surface area contributed by atoms with Crippen LogP contribution in [0.4, 0.5) is 0 Å². The van der Waals surface area contributed by atoms with Gasteiger partial charge < -0.3 is 4.89 Å². The molecule has 0 spiro atoms. The van der Waals surface area contributed by atoms with Gasteiger partial charge in [-0.25, -0.2) is 0 Å². The molecule has 0 amide bonds. The molecule has 9 heteroatoms. The minimum Gasteiger partial charge on any atom is -0.343 e. The minimum atomic E-state index is -4.26. The van der Waals surface area contributed by atoms with Gasteiger partial charge in [0, 0.05) is 6.16 Å². The van der Waals surface area contributed by atoms with Crippen LogP contribution in [0.5, 0.6) is 0 Å². The van der Waals surface area contributed by atoms with Crippen LogP contribution in [0.25, 0.3) is 0 Å². The minimum absolute atomic E-state index is 0.0845. The molecule has 102 valence electrons. The number of rotatable bonds is 5. The van der Waals surface area contributed by atoms with Crippen molar-refractivity contribution in [2.75, 3.05) is 12.5 Å². The number of halogens is 2. The Morgan fingerprint density at radius 3 is 2.28 bits per heavy atom. The van der Waals surface area contributed by atoms with Crippen molar-refractivity contribution >= 4 is 40.7 Å². The fourth-order valence-electron chi connectivity index (χ4n) is 1.02. The highest BCUT2D eigenvalue weighted by Crippen LogP contribution is 2.41. The summed E-state index contributed by atoms with van der Waals surface area (Å²) >= 11 is 11.4. The topological polar surface area (TPSA) is 80.7 Å². The smallest absolute Gasteiger partial charge is 0.300 e. The molecular formula is C9H11Cl2O5PS. The van der Waals surface area contributed by atoms with Gasteiger partial charge in [-0.1, -0.05) is 36.2 Å². The van der Waals surface area contributed by atoms with Gasteiger partial charge in [-0.3, -0.25) is 8.75 Å². The third-order valence-corrected chi connectivity index (χ3v) is 5.99. The van der Waals surface area contributed by atoms with Gasteiger partial charge in [0.1, 0.15) is 11.2 Å². The first-order valence-electron chi connectivity index (χ1n) is 4.84. The van der Waals surface area contributed by atoms with E-state index in [4.69, 9.17) is 23.2 Å². The predicted octanol–water partition coefficient (Wildman–Crippen LogP) is 2.95. The zero-order valence-corrected chi connectivity index (χ0v) is 12.6. The first kappa shape index (κ1) is 16.0. The zero-order chi connectivity index (χ0) is 14.0. The summed E-state index contributed by atoms with van der Waals surface area (Å²) < 4.78 is 39.5. The maximum absolute atomic E-state index is 11.8. The lowest BCUT2D eigenvalue weighted by Crippen LogP contribution is -2.09. The van der Waals surface area contributed by atoms with E-state index in [2.05, 4.69) is 4.18 Å². The molecule has 5 nitrogen and oxygen atoms in total. The summed E-state index contributed by atoms with van der Waals surface area (Å²) in [5.74, 6) is 0. The SMILES string of the molecule is CCP(=O)(O)COS(=O)(=O)c1c(Cl)cccc1Cl. The molecule has 1 unspecified atom stereocenters. The van der Waals surface area contributed by atoms with E-state index in [1.54, 1.807) is 0 Å². The molecule has 1 aromatic carbocycles. The predicted molar refractivity (Wildman–Crippen MR) is 70.0 cm³/mol. The summed E-state index contributed by atoms with van der Waals surface area (Å²) in [5, 5.41) is -0.210. The molecule has 1 N–H and O–H groups in total. The van der Waals surface area contributed by atoms with Crippen LogP contribution >= 0.6 is 30.6 Å². The number of benzene rings is 1. The highest BCUT2D eigenvalue weighted by molar-refractivity contribution is 7.87. The Morgan fingerprint density at radius 1 is 1.33 bits per heavy atom. The van der Waals surface area contributed by atoms with Crippen LogP contribution in [0, 0.1) is 0 Å². The van der Waals surface area contributed by atoms with E-state index in [-0.39, 0.29) is 16.2 Å². The zero-order valence-electron chi connectivity index (χ0n) is 9.34. The maximum Gasteiger partial charge on any atom is 0.300 e. The summed E-state index contributed by atoms with van der Waals surface area (Å²) in [6.07, 6.45) is -0.883. The Morgan fingerprint density at radius 2 is 1.83 bits per heavy atom. The first-order chi connectivity index (χ1) is 8.19. The average molecular weight is 333 g/mol. The summed E-state index contributed by atoms with van der Waals surface area (Å²) in [7, 11) is -7.87. The molecule has 18 heavy (non-hydrogen) atoms. The van der Waals surface area contributed by atoms with Gasteiger partial charge in [0.05, 0.1) is 10.0 Å². The average Bonchev–Trinajstić information content (AvgIpc) is 2.26. The summed E-state index contributed by atoms with van der Waals surface area (Å²) in [5.41, 5.74) is 0. The molecule has 1 aromatic rings. The van der Waals surface area contributed by atoms with Crippen LogP contribution in [0.1, 0.15) is 6.92 Å². The first-order valence-corrected chi connectivity index (χ1v) is 9.03. The Hall–Kier alpha value is -0.100. The Labute approximate surface area is 115 Å². The standard InChI is InChI=1S/C9H11Cl2O5PS/c1-2-17(12,13)6-16-18(14,15)9-7(10)4-3-5-8(9)11/h3-5H,2,6H2,1H3,(H,12,13). The molecule has 0 aliphatic rings. The molecule has 0 radical (unpaired) electrons. The molecule has 0 bridgehead atoms. The molecular weight excluding hydrogens is 322 g/mol. The molecule has 0 aromatic heterocycles. The Kier molecular flexibility index (Phi) is 5.23. The van der Waals surface area contributed by atoms with Crippen LogP contribution < -0.4 is 0 Å². The van der Waals surface area contributed by atoms with Gasteiger partial charge in [0.15, 0.2) is 0 Å². The molecule has 0 heterocycles. The normalized spacial score (nSPS) is 15.3. The summed E-state index contributed by atoms with van der Waals surface area (Å²) in [6.45, 7) is 1.46. The molecule has 0 saturated heterocycles. The van der Waals surface area contributed by atoms with Crippen molar-refractivity contribution in [1.82, 2.24) is 0 Å². The van der Waals surface area contributed by atoms with Gasteiger partial charge in [-0.15, -0.1) is 0 Å². The molecule has 0 aliphatic heterocycles.